The van der Waals surface area contributed by atoms with E-state index in [1.165, 1.54) is 5.56 Å². The highest BCUT2D eigenvalue weighted by atomic mass is 32.2. The number of aryl methyl sites for hydroxylation is 1. The van der Waals surface area contributed by atoms with E-state index >= 15 is 0 Å². The monoisotopic (exact) mass is 336 g/mol. The van der Waals surface area contributed by atoms with Crippen LogP contribution in [0.15, 0.2) is 35.1 Å². The number of sulfonamides is 1. The number of pyridine rings is 1. The molecule has 0 amide bonds. The van der Waals surface area contributed by atoms with E-state index in [1.54, 1.807) is 29.7 Å². The standard InChI is InChI=1S/C15H20N4O3S/c1-13-10-15(17-22-13)12-23(20,21)19-8-6-18(7-9-19)11-14-2-4-16-5-3-14/h2-5,10H,6-9,11-12H2,1H3. The quantitative estimate of drug-likeness (QED) is 0.811. The average molecular weight is 336 g/mol. The summed E-state index contributed by atoms with van der Waals surface area (Å²) in [4.78, 5) is 6.26. The minimum atomic E-state index is -3.35. The molecule has 3 rings (SSSR count). The van der Waals surface area contributed by atoms with E-state index in [-0.39, 0.29) is 5.75 Å². The predicted octanol–water partition coefficient (Wildman–Crippen LogP) is 1.03. The van der Waals surface area contributed by atoms with Crippen LogP contribution in [-0.4, -0.2) is 53.9 Å². The third-order valence-electron chi connectivity index (χ3n) is 3.89. The van der Waals surface area contributed by atoms with Crippen molar-refractivity contribution in [2.75, 3.05) is 26.2 Å². The van der Waals surface area contributed by atoms with Crippen LogP contribution in [0.2, 0.25) is 0 Å². The third kappa shape index (κ3) is 4.15. The van der Waals surface area contributed by atoms with E-state index in [1.807, 2.05) is 12.1 Å². The Kier molecular flexibility index (Phi) is 4.74. The molecule has 2 aromatic heterocycles. The maximum absolute atomic E-state index is 12.4. The molecule has 1 fully saturated rings. The molecule has 0 radical (unpaired) electrons. The molecular formula is C15H20N4O3S. The fourth-order valence-electron chi connectivity index (χ4n) is 2.68. The Bertz CT molecular complexity index is 737. The van der Waals surface area contributed by atoms with Crippen molar-refractivity contribution in [3.63, 3.8) is 0 Å². The molecule has 0 aliphatic carbocycles. The smallest absolute Gasteiger partial charge is 0.220 e. The molecule has 0 aromatic carbocycles. The number of piperazine rings is 1. The van der Waals surface area contributed by atoms with Gasteiger partial charge in [0.15, 0.2) is 0 Å². The van der Waals surface area contributed by atoms with Crippen molar-refractivity contribution in [3.05, 3.63) is 47.6 Å². The Morgan fingerprint density at radius 1 is 1.17 bits per heavy atom. The summed E-state index contributed by atoms with van der Waals surface area (Å²) in [6.45, 7) is 5.02. The van der Waals surface area contributed by atoms with Gasteiger partial charge in [-0.25, -0.2) is 8.42 Å². The van der Waals surface area contributed by atoms with Crippen molar-refractivity contribution in [2.24, 2.45) is 0 Å². The maximum atomic E-state index is 12.4. The molecule has 0 bridgehead atoms. The summed E-state index contributed by atoms with van der Waals surface area (Å²) in [5, 5.41) is 3.77. The van der Waals surface area contributed by atoms with Gasteiger partial charge in [0.1, 0.15) is 17.2 Å². The lowest BCUT2D eigenvalue weighted by Gasteiger charge is -2.33. The van der Waals surface area contributed by atoms with E-state index in [4.69, 9.17) is 4.52 Å². The molecule has 3 heterocycles. The molecule has 0 N–H and O–H groups in total. The van der Waals surface area contributed by atoms with Crippen LogP contribution >= 0.6 is 0 Å². The molecular weight excluding hydrogens is 316 g/mol. The fraction of sp³-hybridized carbons (Fsp3) is 0.467. The molecule has 1 aliphatic rings. The molecule has 23 heavy (non-hydrogen) atoms. The highest BCUT2D eigenvalue weighted by Gasteiger charge is 2.28. The number of hydrogen-bond donors (Lipinski definition) is 0. The van der Waals surface area contributed by atoms with Gasteiger partial charge in [-0.05, 0) is 24.6 Å². The zero-order valence-electron chi connectivity index (χ0n) is 13.1. The summed E-state index contributed by atoms with van der Waals surface area (Å²) in [6, 6.07) is 5.63. The van der Waals surface area contributed by atoms with Crippen LogP contribution in [0, 0.1) is 6.92 Å². The van der Waals surface area contributed by atoms with Gasteiger partial charge in [0.25, 0.3) is 0 Å². The van der Waals surface area contributed by atoms with Gasteiger partial charge in [0.05, 0.1) is 0 Å². The zero-order chi connectivity index (χ0) is 16.3. The first kappa shape index (κ1) is 16.1. The van der Waals surface area contributed by atoms with Gasteiger partial charge < -0.3 is 4.52 Å². The topological polar surface area (TPSA) is 79.5 Å². The van der Waals surface area contributed by atoms with Crippen LogP contribution in [0.4, 0.5) is 0 Å². The first-order valence-corrected chi connectivity index (χ1v) is 9.15. The van der Waals surface area contributed by atoms with E-state index in [9.17, 15) is 8.42 Å². The summed E-state index contributed by atoms with van der Waals surface area (Å²) in [6.07, 6.45) is 3.55. The van der Waals surface area contributed by atoms with Crippen LogP contribution in [-0.2, 0) is 22.3 Å². The van der Waals surface area contributed by atoms with Gasteiger partial charge in [-0.1, -0.05) is 5.16 Å². The second kappa shape index (κ2) is 6.77. The lowest BCUT2D eigenvalue weighted by Crippen LogP contribution is -2.48. The minimum Gasteiger partial charge on any atom is -0.361 e. The number of nitrogens with zero attached hydrogens (tertiary/aromatic N) is 4. The Morgan fingerprint density at radius 2 is 1.87 bits per heavy atom. The lowest BCUT2D eigenvalue weighted by molar-refractivity contribution is 0.181. The van der Waals surface area contributed by atoms with Crippen molar-refractivity contribution >= 4 is 10.0 Å². The molecule has 2 aromatic rings. The second-order valence-corrected chi connectivity index (χ2v) is 7.68. The minimum absolute atomic E-state index is 0.102. The molecule has 1 saturated heterocycles. The van der Waals surface area contributed by atoms with Crippen LogP contribution in [0.1, 0.15) is 17.0 Å². The summed E-state index contributed by atoms with van der Waals surface area (Å²) in [5.41, 5.74) is 1.65. The predicted molar refractivity (Wildman–Crippen MR) is 85.0 cm³/mol. The van der Waals surface area contributed by atoms with Crippen molar-refractivity contribution in [3.8, 4) is 0 Å². The fourth-order valence-corrected chi connectivity index (χ4v) is 4.09. The molecule has 124 valence electrons. The molecule has 0 unspecified atom stereocenters. The van der Waals surface area contributed by atoms with Crippen molar-refractivity contribution in [2.45, 2.75) is 19.2 Å². The van der Waals surface area contributed by atoms with Crippen LogP contribution in [0.25, 0.3) is 0 Å². The molecule has 1 aliphatic heterocycles. The summed E-state index contributed by atoms with van der Waals surface area (Å²) < 4.78 is 31.4. The summed E-state index contributed by atoms with van der Waals surface area (Å²) in [5.74, 6) is 0.520. The van der Waals surface area contributed by atoms with Crippen molar-refractivity contribution in [1.29, 1.82) is 0 Å². The van der Waals surface area contributed by atoms with Gasteiger partial charge in [-0.3, -0.25) is 9.88 Å². The third-order valence-corrected chi connectivity index (χ3v) is 5.70. The van der Waals surface area contributed by atoms with Crippen LogP contribution in [0.3, 0.4) is 0 Å². The Hall–Kier alpha value is -1.77. The summed E-state index contributed by atoms with van der Waals surface area (Å²) in [7, 11) is -3.35. The van der Waals surface area contributed by atoms with Gasteiger partial charge in [-0.2, -0.15) is 4.31 Å². The molecule has 7 nitrogen and oxygen atoms in total. The first-order valence-electron chi connectivity index (χ1n) is 7.54. The van der Waals surface area contributed by atoms with E-state index in [0.717, 1.165) is 19.6 Å². The van der Waals surface area contributed by atoms with Gasteiger partial charge >= 0.3 is 0 Å². The number of hydrogen-bond acceptors (Lipinski definition) is 6. The van der Waals surface area contributed by atoms with E-state index in [0.29, 0.717) is 24.5 Å². The highest BCUT2D eigenvalue weighted by Crippen LogP contribution is 2.15. The normalized spacial score (nSPS) is 17.4. The average Bonchev–Trinajstić information content (AvgIpc) is 2.93. The highest BCUT2D eigenvalue weighted by molar-refractivity contribution is 7.88. The van der Waals surface area contributed by atoms with Gasteiger partial charge in [0.2, 0.25) is 10.0 Å². The Morgan fingerprint density at radius 3 is 2.48 bits per heavy atom. The largest absolute Gasteiger partial charge is 0.361 e. The van der Waals surface area contributed by atoms with Crippen molar-refractivity contribution in [1.82, 2.24) is 19.3 Å². The molecule has 0 spiro atoms. The lowest BCUT2D eigenvalue weighted by atomic mass is 10.2. The molecule has 0 saturated carbocycles. The number of rotatable bonds is 5. The van der Waals surface area contributed by atoms with Gasteiger partial charge in [-0.15, -0.1) is 0 Å². The van der Waals surface area contributed by atoms with Gasteiger partial charge in [0, 0.05) is 51.2 Å². The second-order valence-electron chi connectivity index (χ2n) is 5.72. The Balaban J connectivity index is 1.55. The van der Waals surface area contributed by atoms with E-state index < -0.39 is 10.0 Å². The molecule has 0 atom stereocenters. The Labute approximate surface area is 136 Å². The summed E-state index contributed by atoms with van der Waals surface area (Å²) >= 11 is 0. The van der Waals surface area contributed by atoms with E-state index in [2.05, 4.69) is 15.0 Å². The maximum Gasteiger partial charge on any atom is 0.220 e. The van der Waals surface area contributed by atoms with Crippen LogP contribution < -0.4 is 0 Å². The van der Waals surface area contributed by atoms with Crippen LogP contribution in [0.5, 0.6) is 0 Å². The molecule has 8 heteroatoms. The van der Waals surface area contributed by atoms with Crippen molar-refractivity contribution < 1.29 is 12.9 Å². The first-order chi connectivity index (χ1) is 11.0. The zero-order valence-corrected chi connectivity index (χ0v) is 13.9. The number of aromatic nitrogens is 2. The SMILES string of the molecule is Cc1cc(CS(=O)(=O)N2CCN(Cc3ccncc3)CC2)no1.